The fraction of sp³-hybridized carbons (Fsp3) is 0. The first kappa shape index (κ1) is 8.97. The Hall–Kier alpha value is -1.12. The van der Waals surface area contributed by atoms with Gasteiger partial charge in [0.1, 0.15) is 0 Å². The van der Waals surface area contributed by atoms with E-state index in [1.165, 1.54) is 12.1 Å². The van der Waals surface area contributed by atoms with Crippen LogP contribution in [0.5, 0.6) is 0 Å². The molecule has 0 aliphatic heterocycles. The number of aromatic nitrogens is 1. The van der Waals surface area contributed by atoms with Crippen molar-refractivity contribution in [2.24, 2.45) is 0 Å². The largest absolute Gasteiger partial charge is 0.278 e. The van der Waals surface area contributed by atoms with Crippen LogP contribution in [-0.4, -0.2) is 13.4 Å². The Bertz CT molecular complexity index is 418. The predicted molar refractivity (Wildman–Crippen MR) is 43.5 cm³/mol. The van der Waals surface area contributed by atoms with Gasteiger partial charge in [-0.1, -0.05) is 6.07 Å². The number of pyridine rings is 1. The first-order valence-corrected chi connectivity index (χ1v) is 5.13. The number of nitrogens with zero attached hydrogens (tertiary/aromatic N) is 2. The van der Waals surface area contributed by atoms with E-state index in [1.54, 1.807) is 0 Å². The van der Waals surface area contributed by atoms with Crippen LogP contribution in [0.15, 0.2) is 23.4 Å². The molecule has 12 heavy (non-hydrogen) atoms. The van der Waals surface area contributed by atoms with Crippen molar-refractivity contribution in [3.8, 4) is 0 Å². The molecule has 0 fully saturated rings. The maximum Gasteiger partial charge on any atom is 0.278 e. The van der Waals surface area contributed by atoms with E-state index in [0.717, 1.165) is 6.20 Å². The quantitative estimate of drug-likeness (QED) is 0.513. The number of rotatable bonds is 1. The van der Waals surface area contributed by atoms with Gasteiger partial charge < -0.3 is 0 Å². The second kappa shape index (κ2) is 3.09. The fourth-order valence-electron chi connectivity index (χ4n) is 0.583. The van der Waals surface area contributed by atoms with Crippen molar-refractivity contribution in [1.82, 2.24) is 4.98 Å². The Balaban J connectivity index is 3.20. The van der Waals surface area contributed by atoms with Crippen LogP contribution in [0.1, 0.15) is 0 Å². The van der Waals surface area contributed by atoms with Crippen molar-refractivity contribution in [2.45, 2.75) is 5.03 Å². The first-order valence-electron chi connectivity index (χ1n) is 2.82. The summed E-state index contributed by atoms with van der Waals surface area (Å²) in [4.78, 5) is 6.53. The minimum atomic E-state index is -3.77. The lowest BCUT2D eigenvalue weighted by molar-refractivity contribution is 0.606. The molecule has 0 bridgehead atoms. The van der Waals surface area contributed by atoms with Crippen molar-refractivity contribution in [3.63, 3.8) is 0 Å². The summed E-state index contributed by atoms with van der Waals surface area (Å²) >= 11 is 0. The molecule has 0 aromatic carbocycles. The summed E-state index contributed by atoms with van der Waals surface area (Å²) in [5, 5.41) is -0.239. The predicted octanol–water partition coefficient (Wildman–Crippen LogP) is 1.56. The van der Waals surface area contributed by atoms with Gasteiger partial charge in [0.2, 0.25) is 5.69 Å². The van der Waals surface area contributed by atoms with E-state index in [-0.39, 0.29) is 10.7 Å². The summed E-state index contributed by atoms with van der Waals surface area (Å²) in [5.74, 6) is 0. The van der Waals surface area contributed by atoms with E-state index in [1.807, 2.05) is 0 Å². The van der Waals surface area contributed by atoms with Crippen LogP contribution in [0.2, 0.25) is 0 Å². The number of halogens is 1. The van der Waals surface area contributed by atoms with E-state index in [0.29, 0.717) is 0 Å². The van der Waals surface area contributed by atoms with E-state index < -0.39 is 9.05 Å². The van der Waals surface area contributed by atoms with E-state index in [9.17, 15) is 8.42 Å². The second-order valence-electron chi connectivity index (χ2n) is 1.90. The van der Waals surface area contributed by atoms with Gasteiger partial charge in [-0.2, -0.15) is 0 Å². The highest BCUT2D eigenvalue weighted by Crippen LogP contribution is 2.15. The van der Waals surface area contributed by atoms with Gasteiger partial charge in [0, 0.05) is 16.9 Å². The highest BCUT2D eigenvalue weighted by molar-refractivity contribution is 8.13. The van der Waals surface area contributed by atoms with Gasteiger partial charge in [-0.15, -0.1) is 0 Å². The number of hydrogen-bond acceptors (Lipinski definition) is 3. The van der Waals surface area contributed by atoms with Gasteiger partial charge in [-0.3, -0.25) is 4.98 Å². The average molecular weight is 203 g/mol. The van der Waals surface area contributed by atoms with Gasteiger partial charge in [0.15, 0.2) is 5.03 Å². The molecule has 0 radical (unpaired) electrons. The Morgan fingerprint density at radius 2 is 2.17 bits per heavy atom. The van der Waals surface area contributed by atoms with E-state index in [4.69, 9.17) is 17.3 Å². The molecule has 1 rings (SSSR count). The summed E-state index contributed by atoms with van der Waals surface area (Å²) in [6.07, 6.45) is 1.16. The highest BCUT2D eigenvalue weighted by atomic mass is 35.7. The van der Waals surface area contributed by atoms with Crippen LogP contribution in [0.4, 0.5) is 5.69 Å². The van der Waals surface area contributed by atoms with Crippen molar-refractivity contribution in [3.05, 3.63) is 29.7 Å². The van der Waals surface area contributed by atoms with Crippen LogP contribution < -0.4 is 0 Å². The summed E-state index contributed by atoms with van der Waals surface area (Å²) in [7, 11) is 1.22. The summed E-state index contributed by atoms with van der Waals surface area (Å²) < 4.78 is 21.3. The van der Waals surface area contributed by atoms with Gasteiger partial charge in [0.25, 0.3) is 9.05 Å². The normalized spacial score (nSPS) is 10.7. The molecule has 4 nitrogen and oxygen atoms in total. The van der Waals surface area contributed by atoms with Gasteiger partial charge in [0.05, 0.1) is 6.57 Å². The molecule has 0 atom stereocenters. The third-order valence-corrected chi connectivity index (χ3v) is 2.32. The molecule has 0 aliphatic rings. The molecule has 0 saturated heterocycles. The standard InChI is InChI=1S/C6H3ClN2O2S/c1-8-5-2-3-6(9-4-5)12(7,10)11/h2-4H. The van der Waals surface area contributed by atoms with Crippen LogP contribution >= 0.6 is 10.7 Å². The van der Waals surface area contributed by atoms with Crippen molar-refractivity contribution in [2.75, 3.05) is 0 Å². The lowest BCUT2D eigenvalue weighted by Crippen LogP contribution is -1.92. The molecular formula is C6H3ClN2O2S. The lowest BCUT2D eigenvalue weighted by atomic mass is 10.4. The third kappa shape index (κ3) is 1.94. The molecule has 1 aromatic rings. The molecule has 62 valence electrons. The number of hydrogen-bond donors (Lipinski definition) is 0. The SMILES string of the molecule is [C-]#[N+]c1ccc(S(=O)(=O)Cl)nc1. The molecule has 1 heterocycles. The molecular weight excluding hydrogens is 200 g/mol. The summed E-state index contributed by atoms with van der Waals surface area (Å²) in [6, 6.07) is 2.53. The molecule has 0 unspecified atom stereocenters. The first-order chi connectivity index (χ1) is 5.54. The smallest absolute Gasteiger partial charge is 0.255 e. The fourth-order valence-corrected chi connectivity index (χ4v) is 1.27. The zero-order chi connectivity index (χ0) is 9.19. The lowest BCUT2D eigenvalue weighted by Gasteiger charge is -1.92. The zero-order valence-corrected chi connectivity index (χ0v) is 7.30. The zero-order valence-electron chi connectivity index (χ0n) is 5.73. The molecule has 0 saturated carbocycles. The third-order valence-electron chi connectivity index (χ3n) is 1.10. The van der Waals surface area contributed by atoms with E-state index >= 15 is 0 Å². The molecule has 0 amide bonds. The summed E-state index contributed by atoms with van der Waals surface area (Å²) in [5.41, 5.74) is 0.277. The van der Waals surface area contributed by atoms with Crippen LogP contribution in [0.3, 0.4) is 0 Å². The molecule has 0 N–H and O–H groups in total. The monoisotopic (exact) mass is 202 g/mol. The Labute approximate surface area is 74.1 Å². The minimum absolute atomic E-state index is 0.239. The van der Waals surface area contributed by atoms with Gasteiger partial charge >= 0.3 is 0 Å². The van der Waals surface area contributed by atoms with Gasteiger partial charge in [-0.05, 0) is 6.07 Å². The Morgan fingerprint density at radius 3 is 2.50 bits per heavy atom. The van der Waals surface area contributed by atoms with Crippen LogP contribution in [0.25, 0.3) is 4.85 Å². The Morgan fingerprint density at radius 1 is 1.50 bits per heavy atom. The molecule has 1 aromatic heterocycles. The topological polar surface area (TPSA) is 51.4 Å². The van der Waals surface area contributed by atoms with Crippen molar-refractivity contribution in [1.29, 1.82) is 0 Å². The van der Waals surface area contributed by atoms with E-state index in [2.05, 4.69) is 9.83 Å². The maximum absolute atomic E-state index is 10.7. The second-order valence-corrected chi connectivity index (χ2v) is 4.42. The summed E-state index contributed by atoms with van der Waals surface area (Å²) in [6.45, 7) is 6.57. The van der Waals surface area contributed by atoms with Crippen LogP contribution in [0, 0.1) is 6.57 Å². The average Bonchev–Trinajstić information content (AvgIpc) is 2.03. The molecule has 0 spiro atoms. The highest BCUT2D eigenvalue weighted by Gasteiger charge is 2.10. The maximum atomic E-state index is 10.7. The Kier molecular flexibility index (Phi) is 2.31. The molecule has 6 heteroatoms. The van der Waals surface area contributed by atoms with Crippen molar-refractivity contribution < 1.29 is 8.42 Å². The van der Waals surface area contributed by atoms with Crippen molar-refractivity contribution >= 4 is 25.4 Å². The molecule has 0 aliphatic carbocycles. The van der Waals surface area contributed by atoms with Crippen LogP contribution in [-0.2, 0) is 9.05 Å². The van der Waals surface area contributed by atoms with Gasteiger partial charge in [-0.25, -0.2) is 13.3 Å². The minimum Gasteiger partial charge on any atom is -0.255 e.